The number of hydrogen-bond donors (Lipinski definition) is 2. The Morgan fingerprint density at radius 3 is 2.46 bits per heavy atom. The van der Waals surface area contributed by atoms with Crippen molar-refractivity contribution in [2.45, 2.75) is 19.3 Å². The number of nitrogens with one attached hydrogen (secondary N) is 1. The number of rotatable bonds is 7. The minimum absolute atomic E-state index is 0.220. The number of primary amides is 1. The van der Waals surface area contributed by atoms with Gasteiger partial charge < -0.3 is 15.6 Å². The van der Waals surface area contributed by atoms with Gasteiger partial charge in [0.25, 0.3) is 5.91 Å². The van der Waals surface area contributed by atoms with E-state index in [0.717, 1.165) is 12.8 Å². The molecule has 3 aromatic rings. The summed E-state index contributed by atoms with van der Waals surface area (Å²) in [5, 5.41) is 7.25. The molecule has 1 saturated carbocycles. The topological polar surface area (TPSA) is 94.9 Å². The van der Waals surface area contributed by atoms with Crippen molar-refractivity contribution in [1.29, 1.82) is 0 Å². The van der Waals surface area contributed by atoms with Crippen molar-refractivity contribution in [3.8, 4) is 11.5 Å². The number of nitrogens with zero attached hydrogens (tertiary/aromatic N) is 3. The zero-order valence-electron chi connectivity index (χ0n) is 15.1. The molecular formula is C20H20FN5O2. The average Bonchev–Trinajstić information content (AvgIpc) is 3.08. The van der Waals surface area contributed by atoms with E-state index < -0.39 is 0 Å². The van der Waals surface area contributed by atoms with Crippen LogP contribution in [0.15, 0.2) is 55.0 Å². The van der Waals surface area contributed by atoms with Crippen molar-refractivity contribution in [2.75, 3.05) is 6.54 Å². The molecule has 0 bridgehead atoms. The van der Waals surface area contributed by atoms with Crippen LogP contribution in [0.1, 0.15) is 29.6 Å². The van der Waals surface area contributed by atoms with Crippen LogP contribution in [-0.2, 0) is 4.79 Å². The lowest BCUT2D eigenvalue weighted by molar-refractivity contribution is -0.119. The summed E-state index contributed by atoms with van der Waals surface area (Å²) in [7, 11) is 0. The van der Waals surface area contributed by atoms with Gasteiger partial charge in [-0.25, -0.2) is 9.07 Å². The van der Waals surface area contributed by atoms with E-state index in [9.17, 15) is 14.0 Å². The van der Waals surface area contributed by atoms with Crippen LogP contribution in [0.5, 0.6) is 0 Å². The van der Waals surface area contributed by atoms with Gasteiger partial charge in [0, 0.05) is 25.4 Å². The Labute approximate surface area is 160 Å². The minimum atomic E-state index is -0.357. The zero-order valence-corrected chi connectivity index (χ0v) is 15.1. The highest BCUT2D eigenvalue weighted by Gasteiger charge is 2.44. The lowest BCUT2D eigenvalue weighted by Gasteiger charge is -2.15. The van der Waals surface area contributed by atoms with Gasteiger partial charge in [-0.15, -0.1) is 0 Å². The van der Waals surface area contributed by atoms with Crippen molar-refractivity contribution in [3.05, 3.63) is 66.4 Å². The molecule has 7 nitrogen and oxygen atoms in total. The molecule has 0 atom stereocenters. The molecule has 8 heteroatoms. The molecule has 3 N–H and O–H groups in total. The Balaban J connectivity index is 1.63. The first kappa shape index (κ1) is 18.0. The SMILES string of the molecule is NC(=O)CC1(CNC(=O)c2cnn(-c3ccc(F)cc3)c2-n2cccc2)CC1. The molecule has 1 aliphatic carbocycles. The molecular weight excluding hydrogens is 361 g/mol. The number of halogens is 1. The third-order valence-electron chi connectivity index (χ3n) is 5.04. The Kier molecular flexibility index (Phi) is 4.46. The molecule has 2 amide bonds. The maximum atomic E-state index is 13.3. The summed E-state index contributed by atoms with van der Waals surface area (Å²) in [6.45, 7) is 0.390. The Hall–Kier alpha value is -3.42. The highest BCUT2D eigenvalue weighted by molar-refractivity contribution is 5.97. The number of benzene rings is 1. The van der Waals surface area contributed by atoms with Gasteiger partial charge in [-0.3, -0.25) is 9.59 Å². The fraction of sp³-hybridized carbons (Fsp3) is 0.250. The highest BCUT2D eigenvalue weighted by Crippen LogP contribution is 2.48. The van der Waals surface area contributed by atoms with Gasteiger partial charge in [0.15, 0.2) is 5.82 Å². The van der Waals surface area contributed by atoms with Gasteiger partial charge in [-0.1, -0.05) is 0 Å². The Morgan fingerprint density at radius 2 is 1.86 bits per heavy atom. The maximum absolute atomic E-state index is 13.3. The predicted molar refractivity (Wildman–Crippen MR) is 101 cm³/mol. The molecule has 1 fully saturated rings. The van der Waals surface area contributed by atoms with Crippen molar-refractivity contribution < 1.29 is 14.0 Å². The average molecular weight is 381 g/mol. The third kappa shape index (κ3) is 3.53. The van der Waals surface area contributed by atoms with E-state index in [2.05, 4.69) is 10.4 Å². The van der Waals surface area contributed by atoms with Crippen LogP contribution >= 0.6 is 0 Å². The second-order valence-electron chi connectivity index (χ2n) is 7.19. The van der Waals surface area contributed by atoms with Crippen molar-refractivity contribution in [1.82, 2.24) is 19.7 Å². The van der Waals surface area contributed by atoms with Crippen LogP contribution in [0.3, 0.4) is 0 Å². The largest absolute Gasteiger partial charge is 0.370 e. The second-order valence-corrected chi connectivity index (χ2v) is 7.19. The third-order valence-corrected chi connectivity index (χ3v) is 5.04. The van der Waals surface area contributed by atoms with Crippen LogP contribution in [-0.4, -0.2) is 32.7 Å². The molecule has 1 aliphatic rings. The molecule has 0 aliphatic heterocycles. The van der Waals surface area contributed by atoms with E-state index in [4.69, 9.17) is 5.73 Å². The van der Waals surface area contributed by atoms with Crippen LogP contribution in [0.4, 0.5) is 4.39 Å². The minimum Gasteiger partial charge on any atom is -0.370 e. The molecule has 1 aromatic carbocycles. The molecule has 0 radical (unpaired) electrons. The van der Waals surface area contributed by atoms with E-state index in [1.54, 1.807) is 21.4 Å². The quantitative estimate of drug-likeness (QED) is 0.657. The van der Waals surface area contributed by atoms with E-state index >= 15 is 0 Å². The molecule has 4 rings (SSSR count). The van der Waals surface area contributed by atoms with E-state index in [-0.39, 0.29) is 29.5 Å². The molecule has 2 heterocycles. The van der Waals surface area contributed by atoms with Crippen molar-refractivity contribution >= 4 is 11.8 Å². The normalized spacial score (nSPS) is 14.6. The fourth-order valence-electron chi connectivity index (χ4n) is 3.32. The number of nitrogens with two attached hydrogens (primary N) is 1. The summed E-state index contributed by atoms with van der Waals surface area (Å²) in [5.74, 6) is -0.439. The fourth-order valence-corrected chi connectivity index (χ4v) is 3.32. The summed E-state index contributed by atoms with van der Waals surface area (Å²) in [6.07, 6.45) is 7.12. The Morgan fingerprint density at radius 1 is 1.18 bits per heavy atom. The summed E-state index contributed by atoms with van der Waals surface area (Å²) >= 11 is 0. The summed E-state index contributed by atoms with van der Waals surface area (Å²) in [6, 6.07) is 9.57. The molecule has 144 valence electrons. The first-order valence-corrected chi connectivity index (χ1v) is 9.01. The van der Waals surface area contributed by atoms with Crippen LogP contribution in [0, 0.1) is 11.2 Å². The summed E-state index contributed by atoms with van der Waals surface area (Å²) in [4.78, 5) is 24.1. The van der Waals surface area contributed by atoms with Gasteiger partial charge in [0.1, 0.15) is 11.4 Å². The molecule has 28 heavy (non-hydrogen) atoms. The van der Waals surface area contributed by atoms with Crippen molar-refractivity contribution in [2.24, 2.45) is 11.1 Å². The number of carbonyl (C=O) groups is 2. The molecule has 0 saturated heterocycles. The van der Waals surface area contributed by atoms with Gasteiger partial charge in [0.2, 0.25) is 5.91 Å². The van der Waals surface area contributed by atoms with Crippen LogP contribution in [0.2, 0.25) is 0 Å². The molecule has 0 unspecified atom stereocenters. The zero-order chi connectivity index (χ0) is 19.7. The number of amides is 2. The second kappa shape index (κ2) is 6.95. The lowest BCUT2D eigenvalue weighted by atomic mass is 10.0. The van der Waals surface area contributed by atoms with Gasteiger partial charge in [-0.2, -0.15) is 5.10 Å². The van der Waals surface area contributed by atoms with Gasteiger partial charge >= 0.3 is 0 Å². The molecule has 2 aromatic heterocycles. The summed E-state index contributed by atoms with van der Waals surface area (Å²) in [5.41, 5.74) is 6.11. The molecule has 0 spiro atoms. The first-order valence-electron chi connectivity index (χ1n) is 9.01. The van der Waals surface area contributed by atoms with E-state index in [1.807, 2.05) is 24.5 Å². The number of carbonyl (C=O) groups excluding carboxylic acids is 2. The highest BCUT2D eigenvalue weighted by atomic mass is 19.1. The van der Waals surface area contributed by atoms with Crippen LogP contribution in [0.25, 0.3) is 11.5 Å². The first-order chi connectivity index (χ1) is 13.5. The number of hydrogen-bond acceptors (Lipinski definition) is 3. The lowest BCUT2D eigenvalue weighted by Crippen LogP contribution is -2.33. The smallest absolute Gasteiger partial charge is 0.256 e. The van der Waals surface area contributed by atoms with Gasteiger partial charge in [-0.05, 0) is 54.7 Å². The van der Waals surface area contributed by atoms with Crippen LogP contribution < -0.4 is 11.1 Å². The summed E-state index contributed by atoms with van der Waals surface area (Å²) < 4.78 is 16.7. The number of aromatic nitrogens is 3. The predicted octanol–water partition coefficient (Wildman–Crippen LogP) is 2.19. The maximum Gasteiger partial charge on any atom is 0.256 e. The standard InChI is InChI=1S/C20H20FN5O2/c21-14-3-5-15(6-4-14)26-19(25-9-1-2-10-25)16(12-24-26)18(28)23-13-20(7-8-20)11-17(22)27/h1-6,9-10,12H,7-8,11,13H2,(H2,22,27)(H,23,28). The Bertz CT molecular complexity index is 1000. The monoisotopic (exact) mass is 381 g/mol. The van der Waals surface area contributed by atoms with Crippen molar-refractivity contribution in [3.63, 3.8) is 0 Å². The van der Waals surface area contributed by atoms with E-state index in [1.165, 1.54) is 18.3 Å². The van der Waals surface area contributed by atoms with Gasteiger partial charge in [0.05, 0.1) is 11.9 Å². The van der Waals surface area contributed by atoms with E-state index in [0.29, 0.717) is 23.6 Å².